The molecule has 0 aromatic heterocycles. The smallest absolute Gasteiger partial charge is 0.405 e. The van der Waals surface area contributed by atoms with Gasteiger partial charge < -0.3 is 25.8 Å². The van der Waals surface area contributed by atoms with Crippen molar-refractivity contribution in [1.82, 2.24) is 10.2 Å². The Bertz CT molecular complexity index is 1030. The number of nitrogens with one attached hydrogen (secondary N) is 1. The Hall–Kier alpha value is -2.58. The lowest BCUT2D eigenvalue weighted by molar-refractivity contribution is -0.157. The van der Waals surface area contributed by atoms with E-state index in [1.54, 1.807) is 23.1 Å². The number of carbonyl (C=O) groups is 3. The van der Waals surface area contributed by atoms with Gasteiger partial charge in [-0.3, -0.25) is 9.59 Å². The number of hydrogen-bond donors (Lipinski definition) is 3. The minimum absolute atomic E-state index is 0.141. The third-order valence-electron chi connectivity index (χ3n) is 8.08. The maximum absolute atomic E-state index is 13.7. The van der Waals surface area contributed by atoms with E-state index in [-0.39, 0.29) is 17.7 Å². The van der Waals surface area contributed by atoms with Crippen LogP contribution < -0.4 is 11.1 Å². The van der Waals surface area contributed by atoms with E-state index in [1.807, 2.05) is 39.8 Å². The summed E-state index contributed by atoms with van der Waals surface area (Å²) in [6.07, 6.45) is 2.92. The fraction of sp³-hybridized carbons (Fsp3) is 0.607. The largest absolute Gasteiger partial charge is 0.443 e. The molecule has 0 spiro atoms. The van der Waals surface area contributed by atoms with Crippen LogP contribution in [0.25, 0.3) is 0 Å². The van der Waals surface area contributed by atoms with Gasteiger partial charge in [0, 0.05) is 35.9 Å². The van der Waals surface area contributed by atoms with Gasteiger partial charge in [-0.05, 0) is 49.3 Å². The number of amides is 3. The van der Waals surface area contributed by atoms with Crippen LogP contribution in [0, 0.1) is 17.3 Å². The van der Waals surface area contributed by atoms with E-state index in [1.165, 1.54) is 0 Å². The van der Waals surface area contributed by atoms with Crippen molar-refractivity contribution in [2.75, 3.05) is 13.1 Å². The Morgan fingerprint density at radius 1 is 1.27 bits per heavy atom. The van der Waals surface area contributed by atoms with Gasteiger partial charge in [-0.25, -0.2) is 4.79 Å². The number of primary amides is 1. The van der Waals surface area contributed by atoms with E-state index in [0.717, 1.165) is 5.56 Å². The van der Waals surface area contributed by atoms with Gasteiger partial charge in [0.2, 0.25) is 11.8 Å². The molecule has 1 aromatic rings. The molecule has 1 unspecified atom stereocenters. The maximum atomic E-state index is 13.7. The number of halogens is 1. The quantitative estimate of drug-likeness (QED) is 0.433. The topological polar surface area (TPSA) is 122 Å². The van der Waals surface area contributed by atoms with E-state index in [2.05, 4.69) is 11.9 Å². The van der Waals surface area contributed by atoms with Crippen LogP contribution in [0.15, 0.2) is 36.9 Å². The SMILES string of the molecule is C=CCC1(OC(N)=O)CC[C@@H](C(=O)N[C@@H](C(=O)N2CC[C@](O)(c3ccc(Cl)cc3)C(C)(C)C2)C(C)C)C1. The van der Waals surface area contributed by atoms with Gasteiger partial charge in [0.1, 0.15) is 11.6 Å². The number of nitrogens with zero attached hydrogens (tertiary/aromatic N) is 1. The van der Waals surface area contributed by atoms with Crippen LogP contribution in [0.3, 0.4) is 0 Å². The molecule has 0 bridgehead atoms. The Labute approximate surface area is 224 Å². The second-order valence-electron chi connectivity index (χ2n) is 11.5. The first-order valence-electron chi connectivity index (χ1n) is 12.9. The van der Waals surface area contributed by atoms with Gasteiger partial charge >= 0.3 is 6.09 Å². The number of nitrogens with two attached hydrogens (primary N) is 1. The van der Waals surface area contributed by atoms with Crippen LogP contribution in [0.1, 0.15) is 65.4 Å². The molecule has 4 atom stereocenters. The number of benzene rings is 1. The van der Waals surface area contributed by atoms with E-state index < -0.39 is 34.7 Å². The molecule has 4 N–H and O–H groups in total. The van der Waals surface area contributed by atoms with Crippen LogP contribution >= 0.6 is 11.6 Å². The molecule has 2 fully saturated rings. The molecule has 1 aliphatic heterocycles. The standard InChI is InChI=1S/C28H40ClN3O5/c1-6-12-27(37-25(30)35)13-11-19(16-27)23(33)31-22(18(2)3)24(34)32-15-14-28(36,26(4,5)17-32)20-7-9-21(29)10-8-20/h6-10,18-19,22,36H,1,11-17H2,2-5H3,(H2,30,35)(H,31,33)/t19-,22-,27?,28+/m1/s1. The molecule has 1 aliphatic carbocycles. The predicted molar refractivity (Wildman–Crippen MR) is 143 cm³/mol. The lowest BCUT2D eigenvalue weighted by Crippen LogP contribution is -2.60. The molecular formula is C28H40ClN3O5. The molecule has 8 nitrogen and oxygen atoms in total. The molecule has 1 aromatic carbocycles. The summed E-state index contributed by atoms with van der Waals surface area (Å²) in [7, 11) is 0. The number of piperidine rings is 1. The van der Waals surface area contributed by atoms with Crippen molar-refractivity contribution in [3.8, 4) is 0 Å². The molecular weight excluding hydrogens is 494 g/mol. The van der Waals surface area contributed by atoms with Gasteiger partial charge in [0.15, 0.2) is 0 Å². The second-order valence-corrected chi connectivity index (χ2v) is 12.0. The average molecular weight is 534 g/mol. The predicted octanol–water partition coefficient (Wildman–Crippen LogP) is 4.14. The van der Waals surface area contributed by atoms with Gasteiger partial charge in [-0.15, -0.1) is 6.58 Å². The molecule has 0 radical (unpaired) electrons. The fourth-order valence-electron chi connectivity index (χ4n) is 5.86. The van der Waals surface area contributed by atoms with Crippen molar-refractivity contribution in [2.24, 2.45) is 23.0 Å². The summed E-state index contributed by atoms with van der Waals surface area (Å²) in [5.41, 5.74) is 3.44. The minimum Gasteiger partial charge on any atom is -0.443 e. The number of likely N-dealkylation sites (tertiary alicyclic amines) is 1. The molecule has 3 amide bonds. The first-order valence-corrected chi connectivity index (χ1v) is 13.3. The van der Waals surface area contributed by atoms with Crippen LogP contribution in [-0.2, 0) is 19.9 Å². The Morgan fingerprint density at radius 3 is 2.46 bits per heavy atom. The Balaban J connectivity index is 1.71. The molecule has 37 heavy (non-hydrogen) atoms. The monoisotopic (exact) mass is 533 g/mol. The molecule has 2 aliphatic rings. The van der Waals surface area contributed by atoms with E-state index >= 15 is 0 Å². The molecule has 1 saturated heterocycles. The molecule has 9 heteroatoms. The number of rotatable bonds is 8. The molecule has 1 saturated carbocycles. The second kappa shape index (κ2) is 11.0. The number of carbonyl (C=O) groups excluding carboxylic acids is 3. The number of ether oxygens (including phenoxy) is 1. The molecule has 1 heterocycles. The highest BCUT2D eigenvalue weighted by Crippen LogP contribution is 2.46. The lowest BCUT2D eigenvalue weighted by Gasteiger charge is -2.51. The van der Waals surface area contributed by atoms with Gasteiger partial charge in [0.05, 0.1) is 5.60 Å². The van der Waals surface area contributed by atoms with Crippen molar-refractivity contribution < 1.29 is 24.2 Å². The van der Waals surface area contributed by atoms with Gasteiger partial charge in [0.25, 0.3) is 0 Å². The summed E-state index contributed by atoms with van der Waals surface area (Å²) >= 11 is 6.04. The van der Waals surface area contributed by atoms with Gasteiger partial charge in [-0.1, -0.05) is 57.5 Å². The zero-order valence-corrected chi connectivity index (χ0v) is 23.0. The van der Waals surface area contributed by atoms with Crippen LogP contribution in [0.5, 0.6) is 0 Å². The summed E-state index contributed by atoms with van der Waals surface area (Å²) in [5, 5.41) is 15.2. The summed E-state index contributed by atoms with van der Waals surface area (Å²) < 4.78 is 5.38. The Kier molecular flexibility index (Phi) is 8.64. The summed E-state index contributed by atoms with van der Waals surface area (Å²) in [6, 6.07) is 6.46. The fourth-order valence-corrected chi connectivity index (χ4v) is 5.99. The van der Waals surface area contributed by atoms with E-state index in [0.29, 0.717) is 50.2 Å². The zero-order valence-electron chi connectivity index (χ0n) is 22.3. The van der Waals surface area contributed by atoms with Crippen molar-refractivity contribution in [3.63, 3.8) is 0 Å². The zero-order chi connectivity index (χ0) is 27.6. The third kappa shape index (κ3) is 6.12. The normalized spacial score (nSPS) is 28.0. The van der Waals surface area contributed by atoms with E-state index in [9.17, 15) is 19.5 Å². The molecule has 3 rings (SSSR count). The highest BCUT2D eigenvalue weighted by Gasteiger charge is 2.51. The van der Waals surface area contributed by atoms with Crippen LogP contribution in [0.4, 0.5) is 4.79 Å². The highest BCUT2D eigenvalue weighted by atomic mass is 35.5. The summed E-state index contributed by atoms with van der Waals surface area (Å²) in [4.78, 5) is 40.1. The first kappa shape index (κ1) is 29.0. The third-order valence-corrected chi connectivity index (χ3v) is 8.34. The average Bonchev–Trinajstić information content (AvgIpc) is 3.22. The van der Waals surface area contributed by atoms with Crippen molar-refractivity contribution in [1.29, 1.82) is 0 Å². The lowest BCUT2D eigenvalue weighted by atomic mass is 9.66. The van der Waals surface area contributed by atoms with Crippen molar-refractivity contribution in [3.05, 3.63) is 47.5 Å². The highest BCUT2D eigenvalue weighted by molar-refractivity contribution is 6.30. The van der Waals surface area contributed by atoms with Crippen LogP contribution in [0.2, 0.25) is 5.02 Å². The van der Waals surface area contributed by atoms with E-state index in [4.69, 9.17) is 22.1 Å². The number of aliphatic hydroxyl groups is 1. The van der Waals surface area contributed by atoms with Crippen molar-refractivity contribution in [2.45, 2.75) is 77.0 Å². The van der Waals surface area contributed by atoms with Gasteiger partial charge in [-0.2, -0.15) is 0 Å². The maximum Gasteiger partial charge on any atom is 0.405 e. The van der Waals surface area contributed by atoms with Crippen molar-refractivity contribution >= 4 is 29.5 Å². The summed E-state index contributed by atoms with van der Waals surface area (Å²) in [5.74, 6) is -0.947. The van der Waals surface area contributed by atoms with Crippen LogP contribution in [-0.4, -0.2) is 52.6 Å². The first-order chi connectivity index (χ1) is 17.2. The minimum atomic E-state index is -1.12. The summed E-state index contributed by atoms with van der Waals surface area (Å²) in [6.45, 7) is 12.1. The Morgan fingerprint density at radius 2 is 1.92 bits per heavy atom. The molecule has 204 valence electrons. The number of hydrogen-bond acceptors (Lipinski definition) is 5.